The molecule has 0 bridgehead atoms. The number of hydrogen-bond donors (Lipinski definition) is 0. The van der Waals surface area contributed by atoms with Crippen LogP contribution in [0.15, 0.2) is 54.6 Å². The molecule has 0 radical (unpaired) electrons. The zero-order valence-electron chi connectivity index (χ0n) is 19.1. The van der Waals surface area contributed by atoms with Gasteiger partial charge in [-0.1, -0.05) is 42.5 Å². The normalized spacial score (nSPS) is 18.8. The molecule has 0 aliphatic carbocycles. The molecule has 0 amide bonds. The number of ether oxygens (including phenoxy) is 1. The first-order chi connectivity index (χ1) is 16.3. The van der Waals surface area contributed by atoms with Gasteiger partial charge in [0.15, 0.2) is 17.4 Å². The molecule has 3 aromatic rings. The number of likely N-dealkylation sites (tertiary alicyclic amines) is 1. The van der Waals surface area contributed by atoms with Gasteiger partial charge in [0, 0.05) is 32.7 Å². The van der Waals surface area contributed by atoms with Crippen LogP contribution in [0, 0.1) is 11.6 Å². The van der Waals surface area contributed by atoms with Crippen molar-refractivity contribution in [3.8, 4) is 5.75 Å². The van der Waals surface area contributed by atoms with Gasteiger partial charge in [-0.2, -0.15) is 0 Å². The maximum absolute atomic E-state index is 14.8. The molecule has 0 aromatic heterocycles. The van der Waals surface area contributed by atoms with Crippen molar-refractivity contribution < 1.29 is 21.9 Å². The molecular weight excluding hydrogens is 458 g/mol. The van der Waals surface area contributed by atoms with Gasteiger partial charge in [-0.25, -0.2) is 21.5 Å². The molecule has 34 heavy (non-hydrogen) atoms. The second kappa shape index (κ2) is 9.24. The van der Waals surface area contributed by atoms with Crippen LogP contribution in [0.2, 0.25) is 0 Å². The third-order valence-corrected chi connectivity index (χ3v) is 8.20. The van der Waals surface area contributed by atoms with Crippen molar-refractivity contribution in [3.05, 3.63) is 77.4 Å². The fraction of sp³-hybridized carbons (Fsp3) is 0.385. The summed E-state index contributed by atoms with van der Waals surface area (Å²) >= 11 is 0. The van der Waals surface area contributed by atoms with Crippen LogP contribution in [-0.4, -0.2) is 56.2 Å². The molecule has 180 valence electrons. The molecule has 0 atom stereocenters. The van der Waals surface area contributed by atoms with E-state index in [1.54, 1.807) is 0 Å². The van der Waals surface area contributed by atoms with Crippen LogP contribution in [0.5, 0.6) is 5.75 Å². The van der Waals surface area contributed by atoms with Crippen LogP contribution >= 0.6 is 0 Å². The largest absolute Gasteiger partial charge is 0.482 e. The quantitative estimate of drug-likeness (QED) is 0.514. The number of nitrogens with zero attached hydrogens (tertiary/aromatic N) is 2. The summed E-state index contributed by atoms with van der Waals surface area (Å²) in [6, 6.07) is 17.2. The minimum absolute atomic E-state index is 0.0732. The number of rotatable bonds is 6. The molecule has 5 nitrogen and oxygen atoms in total. The van der Waals surface area contributed by atoms with E-state index in [1.165, 1.54) is 39.0 Å². The SMILES string of the molecule is CS(=O)(=O)N1CCC(c2cc(F)c(OC3CN(Cc4cccc5ccccc45)C3)c(F)c2)CC1. The summed E-state index contributed by atoms with van der Waals surface area (Å²) in [5.74, 6) is -1.80. The van der Waals surface area contributed by atoms with Crippen molar-refractivity contribution in [2.24, 2.45) is 0 Å². The van der Waals surface area contributed by atoms with E-state index < -0.39 is 21.7 Å². The third kappa shape index (κ3) is 4.80. The molecule has 3 aromatic carbocycles. The molecule has 0 unspecified atom stereocenters. The maximum atomic E-state index is 14.8. The summed E-state index contributed by atoms with van der Waals surface area (Å²) < 4.78 is 60.1. The number of halogens is 2. The molecule has 5 rings (SSSR count). The lowest BCUT2D eigenvalue weighted by Crippen LogP contribution is -2.53. The summed E-state index contributed by atoms with van der Waals surface area (Å²) in [6.45, 7) is 2.69. The van der Waals surface area contributed by atoms with E-state index >= 15 is 0 Å². The Kier molecular flexibility index (Phi) is 6.31. The lowest BCUT2D eigenvalue weighted by atomic mass is 9.90. The van der Waals surface area contributed by atoms with Gasteiger partial charge >= 0.3 is 0 Å². The third-order valence-electron chi connectivity index (χ3n) is 6.90. The second-order valence-corrected chi connectivity index (χ2v) is 11.3. The van der Waals surface area contributed by atoms with Crippen molar-refractivity contribution in [1.82, 2.24) is 9.21 Å². The highest BCUT2D eigenvalue weighted by atomic mass is 32.2. The molecular formula is C26H28F2N2O3S. The number of sulfonamides is 1. The smallest absolute Gasteiger partial charge is 0.211 e. The van der Waals surface area contributed by atoms with E-state index in [-0.39, 0.29) is 17.8 Å². The minimum atomic E-state index is -3.24. The average molecular weight is 487 g/mol. The van der Waals surface area contributed by atoms with E-state index in [2.05, 4.69) is 29.2 Å². The topological polar surface area (TPSA) is 49.9 Å². The lowest BCUT2D eigenvalue weighted by molar-refractivity contribution is 0.0101. The maximum Gasteiger partial charge on any atom is 0.211 e. The Morgan fingerprint density at radius 2 is 1.62 bits per heavy atom. The molecule has 2 aliphatic heterocycles. The van der Waals surface area contributed by atoms with Gasteiger partial charge in [0.05, 0.1) is 6.26 Å². The van der Waals surface area contributed by atoms with E-state index in [0.717, 1.165) is 6.54 Å². The van der Waals surface area contributed by atoms with Gasteiger partial charge in [-0.3, -0.25) is 4.90 Å². The molecule has 0 spiro atoms. The first kappa shape index (κ1) is 23.2. The van der Waals surface area contributed by atoms with Crippen LogP contribution < -0.4 is 4.74 Å². The van der Waals surface area contributed by atoms with Gasteiger partial charge in [0.2, 0.25) is 10.0 Å². The molecule has 8 heteroatoms. The highest BCUT2D eigenvalue weighted by Gasteiger charge is 2.31. The lowest BCUT2D eigenvalue weighted by Gasteiger charge is -2.39. The first-order valence-corrected chi connectivity index (χ1v) is 13.4. The number of fused-ring (bicyclic) bond motifs is 1. The molecule has 2 saturated heterocycles. The van der Waals surface area contributed by atoms with Crippen LogP contribution in [-0.2, 0) is 16.6 Å². The Bertz CT molecular complexity index is 1270. The minimum Gasteiger partial charge on any atom is -0.482 e. The van der Waals surface area contributed by atoms with Gasteiger partial charge in [0.25, 0.3) is 0 Å². The van der Waals surface area contributed by atoms with Crippen LogP contribution in [0.4, 0.5) is 8.78 Å². The zero-order chi connectivity index (χ0) is 23.9. The summed E-state index contributed by atoms with van der Waals surface area (Å²) in [4.78, 5) is 2.20. The standard InChI is InChI=1S/C26H28F2N2O3S/c1-34(31,32)30-11-9-18(10-12-30)21-13-24(27)26(25(28)14-21)33-22-16-29(17-22)15-20-7-4-6-19-5-2-3-8-23(19)20/h2-8,13-14,18,22H,9-12,15-17H2,1H3. The van der Waals surface area contributed by atoms with Crippen molar-refractivity contribution in [1.29, 1.82) is 0 Å². The van der Waals surface area contributed by atoms with E-state index in [4.69, 9.17) is 4.74 Å². The Balaban J connectivity index is 1.19. The van der Waals surface area contributed by atoms with Gasteiger partial charge in [-0.15, -0.1) is 0 Å². The number of piperidine rings is 1. The molecule has 2 fully saturated rings. The van der Waals surface area contributed by atoms with E-state index in [0.29, 0.717) is 44.6 Å². The predicted molar refractivity (Wildman–Crippen MR) is 128 cm³/mol. The van der Waals surface area contributed by atoms with Crippen molar-refractivity contribution in [2.45, 2.75) is 31.4 Å². The van der Waals surface area contributed by atoms with Gasteiger partial charge < -0.3 is 4.74 Å². The molecule has 0 saturated carbocycles. The number of hydrogen-bond acceptors (Lipinski definition) is 4. The predicted octanol–water partition coefficient (Wildman–Crippen LogP) is 4.52. The van der Waals surface area contributed by atoms with Crippen molar-refractivity contribution >= 4 is 20.8 Å². The Morgan fingerprint density at radius 3 is 2.29 bits per heavy atom. The summed E-state index contributed by atoms with van der Waals surface area (Å²) in [6.07, 6.45) is 2.00. The first-order valence-electron chi connectivity index (χ1n) is 11.6. The molecule has 2 heterocycles. The average Bonchev–Trinajstić information content (AvgIpc) is 2.79. The van der Waals surface area contributed by atoms with Crippen LogP contribution in [0.25, 0.3) is 10.8 Å². The Hall–Kier alpha value is -2.55. The van der Waals surface area contributed by atoms with Gasteiger partial charge in [-0.05, 0) is 52.8 Å². The van der Waals surface area contributed by atoms with Crippen molar-refractivity contribution in [2.75, 3.05) is 32.4 Å². The summed E-state index contributed by atoms with van der Waals surface area (Å²) in [5.41, 5.74) is 1.78. The zero-order valence-corrected chi connectivity index (χ0v) is 19.9. The fourth-order valence-corrected chi connectivity index (χ4v) is 5.89. The summed E-state index contributed by atoms with van der Waals surface area (Å²) in [7, 11) is -3.24. The summed E-state index contributed by atoms with van der Waals surface area (Å²) in [5, 5.41) is 2.41. The van der Waals surface area contributed by atoms with E-state index in [9.17, 15) is 17.2 Å². The van der Waals surface area contributed by atoms with Crippen LogP contribution in [0.1, 0.15) is 29.9 Å². The molecule has 0 N–H and O–H groups in total. The van der Waals surface area contributed by atoms with Gasteiger partial charge in [0.1, 0.15) is 6.10 Å². The monoisotopic (exact) mass is 486 g/mol. The number of benzene rings is 3. The molecule has 2 aliphatic rings. The Morgan fingerprint density at radius 1 is 0.971 bits per heavy atom. The van der Waals surface area contributed by atoms with Crippen molar-refractivity contribution in [3.63, 3.8) is 0 Å². The van der Waals surface area contributed by atoms with Crippen LogP contribution in [0.3, 0.4) is 0 Å². The highest BCUT2D eigenvalue weighted by molar-refractivity contribution is 7.88. The Labute approximate surface area is 199 Å². The highest BCUT2D eigenvalue weighted by Crippen LogP contribution is 2.34. The van der Waals surface area contributed by atoms with E-state index in [1.807, 2.05) is 18.2 Å². The second-order valence-electron chi connectivity index (χ2n) is 9.32. The fourth-order valence-electron chi connectivity index (χ4n) is 5.01.